The third-order valence-electron chi connectivity index (χ3n) is 8.58. The van der Waals surface area contributed by atoms with Gasteiger partial charge in [0.05, 0.1) is 17.2 Å². The molecule has 0 aromatic heterocycles. The van der Waals surface area contributed by atoms with Gasteiger partial charge < -0.3 is 31.1 Å². The Morgan fingerprint density at radius 3 is 2.40 bits per heavy atom. The molecule has 10 nitrogen and oxygen atoms in total. The molecule has 0 bridgehead atoms. The second kappa shape index (κ2) is 9.54. The van der Waals surface area contributed by atoms with Crippen LogP contribution in [0.15, 0.2) is 40.4 Å². The molecule has 0 saturated carbocycles. The summed E-state index contributed by atoms with van der Waals surface area (Å²) in [6, 6.07) is 0.702. The number of phenolic OH excluding ortho intramolecular Hbond substituents is 1. The molecule has 6 N–H and O–H groups in total. The molecule has 0 unspecified atom stereocenters. The van der Waals surface area contributed by atoms with Crippen molar-refractivity contribution < 1.29 is 34.8 Å². The molecule has 1 amide bonds. The minimum atomic E-state index is -2.67. The zero-order valence-electron chi connectivity index (χ0n) is 22.9. The van der Waals surface area contributed by atoms with Gasteiger partial charge in [-0.05, 0) is 69.3 Å². The lowest BCUT2D eigenvalue weighted by molar-refractivity contribution is -0.148. The number of carbonyl (C=O) groups excluding carboxylic acids is 3. The van der Waals surface area contributed by atoms with E-state index < -0.39 is 58.0 Å². The molecule has 1 aromatic carbocycles. The largest absolute Gasteiger partial charge is 0.510 e. The third kappa shape index (κ3) is 3.84. The number of aliphatic hydroxyl groups is 3. The van der Waals surface area contributed by atoms with Gasteiger partial charge in [-0.1, -0.05) is 17.9 Å². The number of benzene rings is 1. The number of anilines is 1. The number of nitrogens with zero attached hydrogens (tertiary/aromatic N) is 2. The van der Waals surface area contributed by atoms with Gasteiger partial charge in [-0.25, -0.2) is 0 Å². The first-order chi connectivity index (χ1) is 18.8. The normalized spacial score (nSPS) is 27.6. The Bertz CT molecular complexity index is 1520. The van der Waals surface area contributed by atoms with Crippen molar-refractivity contribution in [1.82, 2.24) is 4.90 Å². The number of nitrogens with two attached hydrogens (primary N) is 1. The molecule has 40 heavy (non-hydrogen) atoms. The fourth-order valence-corrected chi connectivity index (χ4v) is 6.73. The maximum absolute atomic E-state index is 14.0. The predicted octanol–water partition coefficient (Wildman–Crippen LogP) is 1.65. The van der Waals surface area contributed by atoms with Gasteiger partial charge in [0.25, 0.3) is 5.91 Å². The lowest BCUT2D eigenvalue weighted by atomic mass is 9.58. The molecule has 4 aliphatic rings. The Morgan fingerprint density at radius 2 is 1.82 bits per heavy atom. The molecule has 10 heteroatoms. The third-order valence-corrected chi connectivity index (χ3v) is 8.58. The molecular weight excluding hydrogens is 514 g/mol. The highest BCUT2D eigenvalue weighted by Gasteiger charge is 2.63. The monoisotopic (exact) mass is 547 g/mol. The number of ketones is 2. The Morgan fingerprint density at radius 1 is 1.12 bits per heavy atom. The highest BCUT2D eigenvalue weighted by Crippen LogP contribution is 2.53. The quantitative estimate of drug-likeness (QED) is 0.279. The van der Waals surface area contributed by atoms with Crippen LogP contribution in [0.4, 0.5) is 5.69 Å². The van der Waals surface area contributed by atoms with Gasteiger partial charge in [0.2, 0.25) is 5.78 Å². The van der Waals surface area contributed by atoms with Gasteiger partial charge in [0, 0.05) is 31.3 Å². The van der Waals surface area contributed by atoms with E-state index in [9.17, 15) is 34.8 Å². The van der Waals surface area contributed by atoms with Gasteiger partial charge in [-0.15, -0.1) is 0 Å². The number of likely N-dealkylation sites (N-methyl/N-ethyl adjacent to an activating group) is 1. The van der Waals surface area contributed by atoms with E-state index in [-0.39, 0.29) is 35.3 Å². The van der Waals surface area contributed by atoms with E-state index in [0.717, 1.165) is 24.8 Å². The number of carbonyl (C=O) groups is 3. The number of phenols is 1. The van der Waals surface area contributed by atoms with E-state index in [2.05, 4.69) is 11.8 Å². The van der Waals surface area contributed by atoms with Crippen LogP contribution in [-0.2, 0) is 16.0 Å². The molecule has 5 rings (SSSR count). The van der Waals surface area contributed by atoms with E-state index >= 15 is 0 Å². The van der Waals surface area contributed by atoms with Crippen molar-refractivity contribution in [1.29, 1.82) is 0 Å². The van der Waals surface area contributed by atoms with Crippen LogP contribution in [0.2, 0.25) is 0 Å². The van der Waals surface area contributed by atoms with Crippen molar-refractivity contribution in [2.24, 2.45) is 17.6 Å². The minimum Gasteiger partial charge on any atom is -0.510 e. The number of hydrogen-bond donors (Lipinski definition) is 5. The fourth-order valence-electron chi connectivity index (χ4n) is 6.73. The number of hydrogen-bond acceptors (Lipinski definition) is 9. The zero-order chi connectivity index (χ0) is 29.3. The summed E-state index contributed by atoms with van der Waals surface area (Å²) in [4.78, 5) is 43.0. The molecule has 0 saturated heterocycles. The molecule has 210 valence electrons. The van der Waals surface area contributed by atoms with Crippen LogP contribution in [0.5, 0.6) is 5.75 Å². The second-order valence-electron chi connectivity index (χ2n) is 11.4. The fraction of sp³-hybridized carbons (Fsp3) is 0.433. The minimum absolute atomic E-state index is 0.0368. The van der Waals surface area contributed by atoms with Gasteiger partial charge in [-0.3, -0.25) is 19.3 Å². The van der Waals surface area contributed by atoms with Crippen molar-refractivity contribution in [3.8, 4) is 17.6 Å². The number of fused-ring (bicyclic) bond motifs is 3. The van der Waals surface area contributed by atoms with Gasteiger partial charge in [0.15, 0.2) is 11.4 Å². The molecule has 0 aliphatic heterocycles. The van der Waals surface area contributed by atoms with E-state index in [1.807, 2.05) is 25.1 Å². The number of allylic oxidation sites excluding steroid dienone is 3. The van der Waals surface area contributed by atoms with Gasteiger partial charge in [0.1, 0.15) is 22.8 Å². The summed E-state index contributed by atoms with van der Waals surface area (Å²) >= 11 is 0. The molecule has 0 heterocycles. The number of aliphatic hydroxyl groups excluding tert-OH is 2. The maximum Gasteiger partial charge on any atom is 0.255 e. The topological polar surface area (TPSA) is 165 Å². The standard InChI is InChI=1S/C30H33N3O7/c1-32(2)19-13-15(10-9-14-7-5-6-8-14)24(34)21-17(19)11-16-12-18-23(33(3)4)26(36)22(29(31)39)28(38)30(18,40)27(37)20(16)25(21)35/h7,13,16,18,23,34,36-37,40H,5-6,8,11-12H2,1-4H3,(H2,31,39)/t16-,18-,23-,30-/m1/s1. The van der Waals surface area contributed by atoms with Crippen LogP contribution in [0, 0.1) is 23.7 Å². The maximum atomic E-state index is 14.0. The van der Waals surface area contributed by atoms with Crippen molar-refractivity contribution in [3.05, 3.63) is 57.1 Å². The SMILES string of the molecule is CN(C)c1cc(C#CC2=CCCC2)c(O)c2c1C[C@@H]1C[C@@H]3[C@@H](N(C)C)C(O)=C(C(N)=O)C(=O)[C@]3(O)C(O)=C1C2=O. The number of aromatic hydroxyl groups is 1. The first kappa shape index (κ1) is 27.5. The van der Waals surface area contributed by atoms with Gasteiger partial charge in [-0.2, -0.15) is 0 Å². The smallest absolute Gasteiger partial charge is 0.255 e. The molecule has 1 aromatic rings. The molecule has 4 atom stereocenters. The lowest BCUT2D eigenvalue weighted by Crippen LogP contribution is -2.63. The van der Waals surface area contributed by atoms with E-state index in [1.54, 1.807) is 20.2 Å². The first-order valence-corrected chi connectivity index (χ1v) is 13.2. The van der Waals surface area contributed by atoms with E-state index in [1.165, 1.54) is 4.90 Å². The van der Waals surface area contributed by atoms with Crippen LogP contribution >= 0.6 is 0 Å². The van der Waals surface area contributed by atoms with E-state index in [0.29, 0.717) is 11.3 Å². The Labute approximate surface area is 232 Å². The van der Waals surface area contributed by atoms with Crippen molar-refractivity contribution >= 4 is 23.2 Å². The van der Waals surface area contributed by atoms with Crippen molar-refractivity contribution in [2.45, 2.75) is 43.7 Å². The van der Waals surface area contributed by atoms with Crippen LogP contribution in [0.3, 0.4) is 0 Å². The predicted molar refractivity (Wildman–Crippen MR) is 147 cm³/mol. The van der Waals surface area contributed by atoms with Crippen LogP contribution in [0.25, 0.3) is 0 Å². The summed E-state index contributed by atoms with van der Waals surface area (Å²) in [6.45, 7) is 0. The summed E-state index contributed by atoms with van der Waals surface area (Å²) in [7, 11) is 6.82. The molecule has 0 fully saturated rings. The number of amides is 1. The number of primary amides is 1. The summed E-state index contributed by atoms with van der Waals surface area (Å²) in [5.74, 6) is -0.697. The van der Waals surface area contributed by atoms with Crippen molar-refractivity contribution in [3.63, 3.8) is 0 Å². The lowest BCUT2D eigenvalue weighted by Gasteiger charge is -2.50. The highest BCUT2D eigenvalue weighted by molar-refractivity contribution is 6.25. The molecular formula is C30H33N3O7. The van der Waals surface area contributed by atoms with Crippen LogP contribution in [-0.4, -0.2) is 82.6 Å². The Kier molecular flexibility index (Phi) is 6.56. The molecule has 0 radical (unpaired) electrons. The van der Waals surface area contributed by atoms with E-state index in [4.69, 9.17) is 5.73 Å². The molecule has 4 aliphatic carbocycles. The van der Waals surface area contributed by atoms with Gasteiger partial charge >= 0.3 is 0 Å². The Hall–Kier alpha value is -4.07. The summed E-state index contributed by atoms with van der Waals surface area (Å²) in [5, 5.41) is 45.4. The average molecular weight is 548 g/mol. The number of rotatable bonds is 3. The molecule has 0 spiro atoms. The summed E-state index contributed by atoms with van der Waals surface area (Å²) in [6.07, 6.45) is 5.10. The summed E-state index contributed by atoms with van der Waals surface area (Å²) < 4.78 is 0. The van der Waals surface area contributed by atoms with Crippen LogP contribution < -0.4 is 10.6 Å². The number of Topliss-reactive ketones (excluding diaryl/α,β-unsaturated/α-hetero) is 2. The first-order valence-electron chi connectivity index (χ1n) is 13.2. The van der Waals surface area contributed by atoms with Crippen molar-refractivity contribution in [2.75, 3.05) is 33.1 Å². The second-order valence-corrected chi connectivity index (χ2v) is 11.4. The highest BCUT2D eigenvalue weighted by atomic mass is 16.3. The summed E-state index contributed by atoms with van der Waals surface area (Å²) in [5.41, 5.74) is 4.10. The average Bonchev–Trinajstić information content (AvgIpc) is 3.39. The Balaban J connectivity index is 1.71. The van der Waals surface area contributed by atoms with Crippen LogP contribution in [0.1, 0.15) is 47.2 Å². The zero-order valence-corrected chi connectivity index (χ0v) is 22.9.